The zero-order valence-electron chi connectivity index (χ0n) is 12.7. The van der Waals surface area contributed by atoms with Crippen LogP contribution in [-0.4, -0.2) is 22.2 Å². The second-order valence-electron chi connectivity index (χ2n) is 6.03. The van der Waals surface area contributed by atoms with Gasteiger partial charge in [0, 0.05) is 18.4 Å². The van der Waals surface area contributed by atoms with E-state index in [0.717, 1.165) is 31.6 Å². The summed E-state index contributed by atoms with van der Waals surface area (Å²) in [4.78, 5) is 12.6. The first-order chi connectivity index (χ1) is 10.2. The van der Waals surface area contributed by atoms with Crippen LogP contribution in [0.5, 0.6) is 0 Å². The van der Waals surface area contributed by atoms with E-state index in [4.69, 9.17) is 0 Å². The van der Waals surface area contributed by atoms with E-state index >= 15 is 0 Å². The minimum absolute atomic E-state index is 0.0476. The zero-order chi connectivity index (χ0) is 14.8. The fourth-order valence-electron chi connectivity index (χ4n) is 3.15. The summed E-state index contributed by atoms with van der Waals surface area (Å²) < 4.78 is 3.57. The van der Waals surface area contributed by atoms with Gasteiger partial charge in [-0.3, -0.25) is 9.13 Å². The van der Waals surface area contributed by atoms with Gasteiger partial charge in [0.25, 0.3) is 0 Å². The van der Waals surface area contributed by atoms with Crippen LogP contribution in [0.1, 0.15) is 44.2 Å². The van der Waals surface area contributed by atoms with Crippen molar-refractivity contribution >= 4 is 0 Å². The molecule has 1 saturated heterocycles. The van der Waals surface area contributed by atoms with E-state index in [1.54, 1.807) is 9.13 Å². The monoisotopic (exact) mass is 285 g/mol. The highest BCUT2D eigenvalue weighted by Crippen LogP contribution is 2.29. The topological polar surface area (TPSA) is 39.0 Å². The molecular weight excluding hydrogens is 262 g/mol. The van der Waals surface area contributed by atoms with Crippen molar-refractivity contribution in [3.05, 3.63) is 52.7 Å². The molecule has 0 bridgehead atoms. The van der Waals surface area contributed by atoms with Gasteiger partial charge in [0.2, 0.25) is 0 Å². The molecule has 21 heavy (non-hydrogen) atoms. The lowest BCUT2D eigenvalue weighted by atomic mass is 9.89. The number of nitrogens with zero attached hydrogens (tertiary/aromatic N) is 2. The summed E-state index contributed by atoms with van der Waals surface area (Å²) in [5.41, 5.74) is 2.38. The minimum Gasteiger partial charge on any atom is -0.317 e. The highest BCUT2D eigenvalue weighted by atomic mass is 16.1. The predicted octanol–water partition coefficient (Wildman–Crippen LogP) is 2.69. The quantitative estimate of drug-likeness (QED) is 0.941. The molecule has 1 aromatic carbocycles. The molecule has 1 N–H and O–H groups in total. The Kier molecular flexibility index (Phi) is 3.97. The van der Waals surface area contributed by atoms with E-state index in [9.17, 15) is 4.79 Å². The van der Waals surface area contributed by atoms with Crippen molar-refractivity contribution in [2.24, 2.45) is 0 Å². The molecule has 0 saturated carbocycles. The van der Waals surface area contributed by atoms with Gasteiger partial charge in [-0.05, 0) is 57.3 Å². The number of hydrogen-bond donors (Lipinski definition) is 1. The Morgan fingerprint density at radius 2 is 1.86 bits per heavy atom. The molecule has 1 aliphatic rings. The third-order valence-corrected chi connectivity index (χ3v) is 4.33. The average molecular weight is 285 g/mol. The van der Waals surface area contributed by atoms with Crippen LogP contribution in [0.3, 0.4) is 0 Å². The maximum absolute atomic E-state index is 12.6. The number of rotatable bonds is 3. The van der Waals surface area contributed by atoms with E-state index in [-0.39, 0.29) is 11.7 Å². The average Bonchev–Trinajstić information content (AvgIpc) is 2.90. The molecule has 0 spiro atoms. The number of benzene rings is 1. The fourth-order valence-corrected chi connectivity index (χ4v) is 3.15. The summed E-state index contributed by atoms with van der Waals surface area (Å²) in [5.74, 6) is 0.539. The molecule has 4 heteroatoms. The second kappa shape index (κ2) is 5.90. The van der Waals surface area contributed by atoms with Crippen LogP contribution in [0.4, 0.5) is 0 Å². The molecule has 0 unspecified atom stereocenters. The molecule has 0 amide bonds. The molecular formula is C17H23N3O. The maximum Gasteiger partial charge on any atom is 0.332 e. The van der Waals surface area contributed by atoms with Crippen LogP contribution in [-0.2, 0) is 0 Å². The van der Waals surface area contributed by atoms with E-state index in [2.05, 4.69) is 23.5 Å². The molecule has 1 aromatic heterocycles. The number of hydrogen-bond acceptors (Lipinski definition) is 2. The van der Waals surface area contributed by atoms with Gasteiger partial charge in [-0.1, -0.05) is 18.2 Å². The third-order valence-electron chi connectivity index (χ3n) is 4.33. The first kappa shape index (κ1) is 14.1. The molecule has 2 heterocycles. The first-order valence-corrected chi connectivity index (χ1v) is 7.78. The Hall–Kier alpha value is -1.81. The highest BCUT2D eigenvalue weighted by Gasteiger charge is 2.19. The van der Waals surface area contributed by atoms with Crippen molar-refractivity contribution in [2.45, 2.75) is 38.6 Å². The molecule has 0 atom stereocenters. The van der Waals surface area contributed by atoms with E-state index in [1.807, 2.05) is 32.3 Å². The lowest BCUT2D eigenvalue weighted by molar-refractivity contribution is 0.459. The molecule has 1 fully saturated rings. The highest BCUT2D eigenvalue weighted by molar-refractivity contribution is 5.43. The summed E-state index contributed by atoms with van der Waals surface area (Å²) in [6, 6.07) is 8.50. The van der Waals surface area contributed by atoms with Crippen molar-refractivity contribution in [3.8, 4) is 5.69 Å². The summed E-state index contributed by atoms with van der Waals surface area (Å²) in [6.45, 7) is 6.18. The Balaban J connectivity index is 2.04. The van der Waals surface area contributed by atoms with E-state index in [1.165, 1.54) is 5.56 Å². The zero-order valence-corrected chi connectivity index (χ0v) is 12.7. The largest absolute Gasteiger partial charge is 0.332 e. The normalized spacial score (nSPS) is 16.5. The van der Waals surface area contributed by atoms with Gasteiger partial charge in [0.05, 0.1) is 5.69 Å². The third kappa shape index (κ3) is 2.68. The molecule has 0 aliphatic carbocycles. The number of piperidine rings is 1. The van der Waals surface area contributed by atoms with E-state index < -0.39 is 0 Å². The van der Waals surface area contributed by atoms with Crippen molar-refractivity contribution in [1.82, 2.24) is 14.5 Å². The molecule has 0 radical (unpaired) electrons. The van der Waals surface area contributed by atoms with Gasteiger partial charge in [-0.2, -0.15) is 0 Å². The lowest BCUT2D eigenvalue weighted by Crippen LogP contribution is -2.28. The Bertz CT molecular complexity index is 663. The Labute approximate surface area is 125 Å². The van der Waals surface area contributed by atoms with Crippen molar-refractivity contribution < 1.29 is 0 Å². The predicted molar refractivity (Wildman–Crippen MR) is 85.3 cm³/mol. The minimum atomic E-state index is 0.0476. The van der Waals surface area contributed by atoms with Crippen LogP contribution in [0.2, 0.25) is 0 Å². The summed E-state index contributed by atoms with van der Waals surface area (Å²) >= 11 is 0. The molecule has 3 rings (SSSR count). The molecule has 2 aromatic rings. The van der Waals surface area contributed by atoms with Gasteiger partial charge in [-0.25, -0.2) is 4.79 Å². The summed E-state index contributed by atoms with van der Waals surface area (Å²) in [6.07, 6.45) is 6.04. The van der Waals surface area contributed by atoms with Crippen LogP contribution < -0.4 is 11.0 Å². The van der Waals surface area contributed by atoms with Crippen LogP contribution in [0.25, 0.3) is 5.69 Å². The van der Waals surface area contributed by atoms with Crippen LogP contribution >= 0.6 is 0 Å². The lowest BCUT2D eigenvalue weighted by Gasteiger charge is -2.25. The Morgan fingerprint density at radius 1 is 1.14 bits per heavy atom. The number of imidazole rings is 1. The maximum atomic E-state index is 12.6. The van der Waals surface area contributed by atoms with Crippen LogP contribution in [0, 0.1) is 0 Å². The van der Waals surface area contributed by atoms with Gasteiger partial charge in [0.1, 0.15) is 0 Å². The van der Waals surface area contributed by atoms with Gasteiger partial charge in [-0.15, -0.1) is 0 Å². The number of para-hydroxylation sites is 1. The number of nitrogens with one attached hydrogen (secondary N) is 1. The molecule has 112 valence electrons. The second-order valence-corrected chi connectivity index (χ2v) is 6.03. The number of aromatic nitrogens is 2. The van der Waals surface area contributed by atoms with Gasteiger partial charge >= 0.3 is 5.69 Å². The van der Waals surface area contributed by atoms with Crippen molar-refractivity contribution in [2.75, 3.05) is 13.1 Å². The Morgan fingerprint density at radius 3 is 2.52 bits per heavy atom. The van der Waals surface area contributed by atoms with E-state index in [0.29, 0.717) is 5.92 Å². The first-order valence-electron chi connectivity index (χ1n) is 7.78. The van der Waals surface area contributed by atoms with Crippen molar-refractivity contribution in [1.29, 1.82) is 0 Å². The van der Waals surface area contributed by atoms with Crippen LogP contribution in [0.15, 0.2) is 41.5 Å². The van der Waals surface area contributed by atoms with Gasteiger partial charge in [0.15, 0.2) is 0 Å². The standard InChI is InChI=1S/C17H23N3O/c1-13(2)19-11-12-20(17(19)21)16-6-4-3-5-15(16)14-7-9-18-10-8-14/h3-6,11-14,18H,7-10H2,1-2H3. The summed E-state index contributed by atoms with van der Waals surface area (Å²) in [5, 5.41) is 3.40. The fraction of sp³-hybridized carbons (Fsp3) is 0.471. The smallest absolute Gasteiger partial charge is 0.317 e. The van der Waals surface area contributed by atoms with Crippen molar-refractivity contribution in [3.63, 3.8) is 0 Å². The SMILES string of the molecule is CC(C)n1ccn(-c2ccccc2C2CCNCC2)c1=O. The molecule has 1 aliphatic heterocycles. The summed E-state index contributed by atoms with van der Waals surface area (Å²) in [7, 11) is 0. The molecule has 4 nitrogen and oxygen atoms in total. The van der Waals surface area contributed by atoms with Gasteiger partial charge < -0.3 is 5.32 Å².